The Morgan fingerprint density at radius 1 is 1.15 bits per heavy atom. The molecular weight excluding hydrogens is 164 g/mol. The van der Waals surface area contributed by atoms with Gasteiger partial charge in [-0.2, -0.15) is 0 Å². The number of hydrogen-bond acceptors (Lipinski definition) is 3. The van der Waals surface area contributed by atoms with Gasteiger partial charge in [0.15, 0.2) is 0 Å². The Morgan fingerprint density at radius 2 is 1.77 bits per heavy atom. The van der Waals surface area contributed by atoms with Gasteiger partial charge in [0.05, 0.1) is 6.10 Å². The molecule has 3 nitrogen and oxygen atoms in total. The summed E-state index contributed by atoms with van der Waals surface area (Å²) in [5.74, 6) is 0. The maximum Gasteiger partial charge on any atom is 0.0668 e. The SMILES string of the molecule is NC[C@H](O)CC1(CN)CCCCC1. The van der Waals surface area contributed by atoms with Crippen molar-refractivity contribution in [3.05, 3.63) is 0 Å². The maximum atomic E-state index is 9.53. The summed E-state index contributed by atoms with van der Waals surface area (Å²) in [5, 5.41) is 9.53. The topological polar surface area (TPSA) is 72.3 Å². The van der Waals surface area contributed by atoms with Gasteiger partial charge in [-0.25, -0.2) is 0 Å². The van der Waals surface area contributed by atoms with Crippen molar-refractivity contribution in [3.63, 3.8) is 0 Å². The van der Waals surface area contributed by atoms with Crippen LogP contribution in [0.1, 0.15) is 38.5 Å². The molecule has 0 heterocycles. The Balaban J connectivity index is 2.47. The van der Waals surface area contributed by atoms with Crippen molar-refractivity contribution in [2.45, 2.75) is 44.6 Å². The summed E-state index contributed by atoms with van der Waals surface area (Å²) in [6.45, 7) is 1.06. The van der Waals surface area contributed by atoms with Gasteiger partial charge in [-0.3, -0.25) is 0 Å². The normalized spacial score (nSPS) is 24.2. The van der Waals surface area contributed by atoms with Crippen molar-refractivity contribution in [3.8, 4) is 0 Å². The fourth-order valence-corrected chi connectivity index (χ4v) is 2.38. The monoisotopic (exact) mass is 186 g/mol. The average molecular weight is 186 g/mol. The van der Waals surface area contributed by atoms with Crippen molar-refractivity contribution in [2.75, 3.05) is 13.1 Å². The van der Waals surface area contributed by atoms with Crippen LogP contribution < -0.4 is 11.5 Å². The van der Waals surface area contributed by atoms with Crippen LogP contribution in [0.15, 0.2) is 0 Å². The molecule has 1 rings (SSSR count). The molecule has 3 heteroatoms. The van der Waals surface area contributed by atoms with Gasteiger partial charge in [0.25, 0.3) is 0 Å². The molecule has 5 N–H and O–H groups in total. The van der Waals surface area contributed by atoms with Crippen LogP contribution in [0.25, 0.3) is 0 Å². The van der Waals surface area contributed by atoms with E-state index in [2.05, 4.69) is 0 Å². The highest BCUT2D eigenvalue weighted by Crippen LogP contribution is 2.39. The van der Waals surface area contributed by atoms with Gasteiger partial charge < -0.3 is 16.6 Å². The molecule has 0 spiro atoms. The molecule has 1 fully saturated rings. The first-order chi connectivity index (χ1) is 6.22. The van der Waals surface area contributed by atoms with Crippen molar-refractivity contribution in [1.82, 2.24) is 0 Å². The van der Waals surface area contributed by atoms with Gasteiger partial charge in [0, 0.05) is 6.54 Å². The molecule has 1 aliphatic rings. The van der Waals surface area contributed by atoms with E-state index in [-0.39, 0.29) is 11.5 Å². The highest BCUT2D eigenvalue weighted by molar-refractivity contribution is 4.86. The van der Waals surface area contributed by atoms with Gasteiger partial charge in [-0.15, -0.1) is 0 Å². The molecule has 1 atom stereocenters. The zero-order chi connectivity index (χ0) is 9.73. The maximum absolute atomic E-state index is 9.53. The first kappa shape index (κ1) is 11.0. The van der Waals surface area contributed by atoms with Crippen LogP contribution in [0.4, 0.5) is 0 Å². The number of aliphatic hydroxyl groups excluding tert-OH is 1. The first-order valence-electron chi connectivity index (χ1n) is 5.31. The number of rotatable bonds is 4. The highest BCUT2D eigenvalue weighted by atomic mass is 16.3. The Kier molecular flexibility index (Phi) is 4.16. The number of nitrogens with two attached hydrogens (primary N) is 2. The van der Waals surface area contributed by atoms with Crippen molar-refractivity contribution >= 4 is 0 Å². The molecular formula is C10H22N2O. The molecule has 1 aliphatic carbocycles. The zero-order valence-corrected chi connectivity index (χ0v) is 8.34. The largest absolute Gasteiger partial charge is 0.392 e. The third-order valence-electron chi connectivity index (χ3n) is 3.29. The molecule has 13 heavy (non-hydrogen) atoms. The van der Waals surface area contributed by atoms with Gasteiger partial charge in [-0.1, -0.05) is 19.3 Å². The van der Waals surface area contributed by atoms with Crippen LogP contribution >= 0.6 is 0 Å². The van der Waals surface area contributed by atoms with Crippen LogP contribution in [0.5, 0.6) is 0 Å². The summed E-state index contributed by atoms with van der Waals surface area (Å²) < 4.78 is 0. The number of hydrogen-bond donors (Lipinski definition) is 3. The Morgan fingerprint density at radius 3 is 2.23 bits per heavy atom. The van der Waals surface area contributed by atoms with Crippen molar-refractivity contribution in [2.24, 2.45) is 16.9 Å². The van der Waals surface area contributed by atoms with Crippen LogP contribution in [-0.4, -0.2) is 24.3 Å². The third kappa shape index (κ3) is 2.93. The summed E-state index contributed by atoms with van der Waals surface area (Å²) in [5.41, 5.74) is 11.4. The predicted molar refractivity (Wildman–Crippen MR) is 54.3 cm³/mol. The molecule has 0 radical (unpaired) electrons. The van der Waals surface area contributed by atoms with Crippen LogP contribution in [0.2, 0.25) is 0 Å². The fraction of sp³-hybridized carbons (Fsp3) is 1.00. The van der Waals surface area contributed by atoms with E-state index in [9.17, 15) is 5.11 Å². The fourth-order valence-electron chi connectivity index (χ4n) is 2.38. The van der Waals surface area contributed by atoms with E-state index < -0.39 is 0 Å². The Labute approximate surface area is 80.5 Å². The number of aliphatic hydroxyl groups is 1. The predicted octanol–water partition coefficient (Wildman–Crippen LogP) is 0.605. The molecule has 0 aromatic rings. The van der Waals surface area contributed by atoms with E-state index in [1.807, 2.05) is 0 Å². The molecule has 0 aromatic heterocycles. The van der Waals surface area contributed by atoms with E-state index in [0.29, 0.717) is 13.1 Å². The lowest BCUT2D eigenvalue weighted by Gasteiger charge is -2.37. The Bertz CT molecular complexity index is 144. The van der Waals surface area contributed by atoms with Gasteiger partial charge in [0.1, 0.15) is 0 Å². The molecule has 0 bridgehead atoms. The molecule has 0 aliphatic heterocycles. The second kappa shape index (κ2) is 4.94. The quantitative estimate of drug-likeness (QED) is 0.602. The summed E-state index contributed by atoms with van der Waals surface area (Å²) >= 11 is 0. The smallest absolute Gasteiger partial charge is 0.0668 e. The minimum Gasteiger partial charge on any atom is -0.392 e. The van der Waals surface area contributed by atoms with Crippen molar-refractivity contribution in [1.29, 1.82) is 0 Å². The first-order valence-corrected chi connectivity index (χ1v) is 5.31. The van der Waals surface area contributed by atoms with Gasteiger partial charge >= 0.3 is 0 Å². The molecule has 0 saturated heterocycles. The standard InChI is InChI=1S/C10H22N2O/c11-7-9(13)6-10(8-12)4-2-1-3-5-10/h9,13H,1-8,11-12H2/t9-/m1/s1. The average Bonchev–Trinajstić information content (AvgIpc) is 2.19. The molecule has 78 valence electrons. The summed E-state index contributed by atoms with van der Waals surface area (Å²) in [7, 11) is 0. The minimum atomic E-state index is -0.360. The third-order valence-corrected chi connectivity index (χ3v) is 3.29. The van der Waals surface area contributed by atoms with E-state index in [1.165, 1.54) is 32.1 Å². The van der Waals surface area contributed by atoms with Crippen molar-refractivity contribution < 1.29 is 5.11 Å². The second-order valence-electron chi connectivity index (χ2n) is 4.36. The van der Waals surface area contributed by atoms with Crippen LogP contribution in [0, 0.1) is 5.41 Å². The zero-order valence-electron chi connectivity index (χ0n) is 8.34. The molecule has 0 amide bonds. The van der Waals surface area contributed by atoms with E-state index in [0.717, 1.165) is 6.42 Å². The van der Waals surface area contributed by atoms with E-state index in [1.54, 1.807) is 0 Å². The van der Waals surface area contributed by atoms with Gasteiger partial charge in [-0.05, 0) is 31.2 Å². The lowest BCUT2D eigenvalue weighted by molar-refractivity contribution is 0.0796. The summed E-state index contributed by atoms with van der Waals surface area (Å²) in [4.78, 5) is 0. The second-order valence-corrected chi connectivity index (χ2v) is 4.36. The van der Waals surface area contributed by atoms with Crippen LogP contribution in [0.3, 0.4) is 0 Å². The highest BCUT2D eigenvalue weighted by Gasteiger charge is 2.32. The van der Waals surface area contributed by atoms with E-state index >= 15 is 0 Å². The summed E-state index contributed by atoms with van der Waals surface area (Å²) in [6, 6.07) is 0. The van der Waals surface area contributed by atoms with Gasteiger partial charge in [0.2, 0.25) is 0 Å². The molecule has 0 aromatic carbocycles. The Hall–Kier alpha value is -0.120. The lowest BCUT2D eigenvalue weighted by Crippen LogP contribution is -2.38. The molecule has 0 unspecified atom stereocenters. The summed E-state index contributed by atoms with van der Waals surface area (Å²) in [6.07, 6.45) is 6.60. The van der Waals surface area contributed by atoms with Crippen LogP contribution in [-0.2, 0) is 0 Å². The van der Waals surface area contributed by atoms with E-state index in [4.69, 9.17) is 11.5 Å². The lowest BCUT2D eigenvalue weighted by atomic mass is 9.71. The molecule has 1 saturated carbocycles. The minimum absolute atomic E-state index is 0.192.